The highest BCUT2D eigenvalue weighted by Gasteiger charge is 2.29. The van der Waals surface area contributed by atoms with Crippen LogP contribution in [-0.2, 0) is 4.79 Å². The molecular formula is C14H28N2O. The molecule has 1 saturated carbocycles. The molecule has 0 spiro atoms. The van der Waals surface area contributed by atoms with Crippen molar-refractivity contribution in [2.75, 3.05) is 0 Å². The number of hydrogen-bond donors (Lipinski definition) is 2. The van der Waals surface area contributed by atoms with Gasteiger partial charge in [-0.25, -0.2) is 0 Å². The van der Waals surface area contributed by atoms with Gasteiger partial charge >= 0.3 is 0 Å². The summed E-state index contributed by atoms with van der Waals surface area (Å²) in [5.74, 6) is 0.625. The number of nitrogens with two attached hydrogens (primary N) is 1. The summed E-state index contributed by atoms with van der Waals surface area (Å²) in [6.07, 6.45) is 5.49. The van der Waals surface area contributed by atoms with Crippen LogP contribution in [0.15, 0.2) is 0 Å². The third-order valence-electron chi connectivity index (χ3n) is 3.98. The SMILES string of the molecule is CC(CC(N)=O)NC1CCC(C(C)(C)C)CC1. The molecule has 3 nitrogen and oxygen atoms in total. The summed E-state index contributed by atoms with van der Waals surface area (Å²) in [7, 11) is 0. The average Bonchev–Trinajstić information content (AvgIpc) is 2.15. The molecule has 0 radical (unpaired) electrons. The van der Waals surface area contributed by atoms with Crippen molar-refractivity contribution in [3.05, 3.63) is 0 Å². The van der Waals surface area contributed by atoms with Gasteiger partial charge in [0.2, 0.25) is 5.91 Å². The second kappa shape index (κ2) is 5.85. The fourth-order valence-corrected chi connectivity index (χ4v) is 2.89. The Morgan fingerprint density at radius 3 is 2.24 bits per heavy atom. The lowest BCUT2D eigenvalue weighted by molar-refractivity contribution is -0.118. The standard InChI is InChI=1S/C14H28N2O/c1-10(9-13(15)17)16-12-7-5-11(6-8-12)14(2,3)4/h10-12,16H,5-9H2,1-4H3,(H2,15,17). The zero-order valence-corrected chi connectivity index (χ0v) is 11.8. The fourth-order valence-electron chi connectivity index (χ4n) is 2.89. The van der Waals surface area contributed by atoms with E-state index in [2.05, 4.69) is 26.1 Å². The van der Waals surface area contributed by atoms with Gasteiger partial charge in [-0.2, -0.15) is 0 Å². The minimum atomic E-state index is -0.214. The van der Waals surface area contributed by atoms with Crippen molar-refractivity contribution in [1.82, 2.24) is 5.32 Å². The highest BCUT2D eigenvalue weighted by Crippen LogP contribution is 2.37. The minimum Gasteiger partial charge on any atom is -0.370 e. The number of carbonyl (C=O) groups is 1. The van der Waals surface area contributed by atoms with Crippen LogP contribution in [0.4, 0.5) is 0 Å². The summed E-state index contributed by atoms with van der Waals surface area (Å²) >= 11 is 0. The minimum absolute atomic E-state index is 0.212. The van der Waals surface area contributed by atoms with Gasteiger partial charge in [-0.1, -0.05) is 20.8 Å². The van der Waals surface area contributed by atoms with Crippen LogP contribution in [0.25, 0.3) is 0 Å². The van der Waals surface area contributed by atoms with Crippen LogP contribution in [0.3, 0.4) is 0 Å². The molecule has 1 amide bonds. The molecule has 0 saturated heterocycles. The van der Waals surface area contributed by atoms with Gasteiger partial charge in [0, 0.05) is 18.5 Å². The molecule has 3 N–H and O–H groups in total. The first-order valence-electron chi connectivity index (χ1n) is 6.83. The van der Waals surface area contributed by atoms with Gasteiger partial charge < -0.3 is 11.1 Å². The van der Waals surface area contributed by atoms with Crippen LogP contribution in [0, 0.1) is 11.3 Å². The maximum absolute atomic E-state index is 10.8. The van der Waals surface area contributed by atoms with Crippen molar-refractivity contribution in [2.45, 2.75) is 71.9 Å². The van der Waals surface area contributed by atoms with Gasteiger partial charge in [0.05, 0.1) is 0 Å². The van der Waals surface area contributed by atoms with Crippen LogP contribution in [-0.4, -0.2) is 18.0 Å². The number of carbonyl (C=O) groups excluding carboxylic acids is 1. The molecule has 0 aromatic rings. The molecule has 1 aliphatic carbocycles. The van der Waals surface area contributed by atoms with Crippen molar-refractivity contribution in [3.63, 3.8) is 0 Å². The van der Waals surface area contributed by atoms with Crippen LogP contribution in [0.1, 0.15) is 59.8 Å². The molecular weight excluding hydrogens is 212 g/mol. The van der Waals surface area contributed by atoms with Crippen molar-refractivity contribution in [1.29, 1.82) is 0 Å². The van der Waals surface area contributed by atoms with E-state index in [0.717, 1.165) is 5.92 Å². The van der Waals surface area contributed by atoms with E-state index in [1.165, 1.54) is 25.7 Å². The van der Waals surface area contributed by atoms with Crippen molar-refractivity contribution in [2.24, 2.45) is 17.1 Å². The Kier molecular flexibility index (Phi) is 4.99. The van der Waals surface area contributed by atoms with Crippen LogP contribution < -0.4 is 11.1 Å². The Labute approximate surface area is 106 Å². The molecule has 0 aromatic heterocycles. The topological polar surface area (TPSA) is 55.1 Å². The van der Waals surface area contributed by atoms with E-state index in [1.54, 1.807) is 0 Å². The molecule has 1 rings (SSSR count). The molecule has 0 heterocycles. The summed E-state index contributed by atoms with van der Waals surface area (Å²) < 4.78 is 0. The van der Waals surface area contributed by atoms with E-state index in [9.17, 15) is 4.79 Å². The number of amides is 1. The van der Waals surface area contributed by atoms with E-state index >= 15 is 0 Å². The Hall–Kier alpha value is -0.570. The van der Waals surface area contributed by atoms with Gasteiger partial charge in [0.15, 0.2) is 0 Å². The number of hydrogen-bond acceptors (Lipinski definition) is 2. The van der Waals surface area contributed by atoms with Gasteiger partial charge in [0.1, 0.15) is 0 Å². The second-order valence-electron chi connectivity index (χ2n) is 6.65. The predicted octanol–water partition coefficient (Wildman–Crippen LogP) is 2.44. The van der Waals surface area contributed by atoms with Crippen LogP contribution in [0.5, 0.6) is 0 Å². The molecule has 0 aromatic carbocycles. The van der Waals surface area contributed by atoms with Crippen molar-refractivity contribution >= 4 is 5.91 Å². The van der Waals surface area contributed by atoms with Crippen LogP contribution >= 0.6 is 0 Å². The second-order valence-corrected chi connectivity index (χ2v) is 6.65. The molecule has 0 bridgehead atoms. The molecule has 0 aliphatic heterocycles. The van der Waals surface area contributed by atoms with Gasteiger partial charge in [-0.15, -0.1) is 0 Å². The summed E-state index contributed by atoms with van der Waals surface area (Å²) in [5, 5.41) is 3.52. The molecule has 17 heavy (non-hydrogen) atoms. The molecule has 1 atom stereocenters. The lowest BCUT2D eigenvalue weighted by Gasteiger charge is -2.38. The third kappa shape index (κ3) is 5.07. The first-order chi connectivity index (χ1) is 7.79. The zero-order valence-electron chi connectivity index (χ0n) is 11.8. The summed E-state index contributed by atoms with van der Waals surface area (Å²) in [4.78, 5) is 10.8. The van der Waals surface area contributed by atoms with Gasteiger partial charge in [0.25, 0.3) is 0 Å². The van der Waals surface area contributed by atoms with Crippen LogP contribution in [0.2, 0.25) is 0 Å². The van der Waals surface area contributed by atoms with E-state index in [0.29, 0.717) is 17.9 Å². The van der Waals surface area contributed by atoms with E-state index in [-0.39, 0.29) is 11.9 Å². The summed E-state index contributed by atoms with van der Waals surface area (Å²) in [6, 6.07) is 0.784. The average molecular weight is 240 g/mol. The van der Waals surface area contributed by atoms with E-state index in [4.69, 9.17) is 5.73 Å². The number of nitrogens with one attached hydrogen (secondary N) is 1. The molecule has 1 fully saturated rings. The van der Waals surface area contributed by atoms with E-state index in [1.807, 2.05) is 6.92 Å². The Morgan fingerprint density at radius 1 is 1.29 bits per heavy atom. The molecule has 100 valence electrons. The molecule has 1 unspecified atom stereocenters. The monoisotopic (exact) mass is 240 g/mol. The predicted molar refractivity (Wildman–Crippen MR) is 71.6 cm³/mol. The quantitative estimate of drug-likeness (QED) is 0.793. The lowest BCUT2D eigenvalue weighted by atomic mass is 9.71. The van der Waals surface area contributed by atoms with E-state index < -0.39 is 0 Å². The molecule has 1 aliphatic rings. The lowest BCUT2D eigenvalue weighted by Crippen LogP contribution is -2.42. The Balaban J connectivity index is 2.30. The maximum Gasteiger partial charge on any atom is 0.218 e. The zero-order chi connectivity index (χ0) is 13.1. The smallest absolute Gasteiger partial charge is 0.218 e. The Bertz CT molecular complexity index is 249. The number of rotatable bonds is 4. The highest BCUT2D eigenvalue weighted by molar-refractivity contribution is 5.74. The first kappa shape index (κ1) is 14.5. The summed E-state index contributed by atoms with van der Waals surface area (Å²) in [5.41, 5.74) is 5.63. The number of primary amides is 1. The maximum atomic E-state index is 10.8. The molecule has 3 heteroatoms. The summed E-state index contributed by atoms with van der Waals surface area (Å²) in [6.45, 7) is 9.05. The normalized spacial score (nSPS) is 27.8. The van der Waals surface area contributed by atoms with Crippen molar-refractivity contribution in [3.8, 4) is 0 Å². The van der Waals surface area contributed by atoms with Gasteiger partial charge in [-0.05, 0) is 43.9 Å². The van der Waals surface area contributed by atoms with Gasteiger partial charge in [-0.3, -0.25) is 4.79 Å². The first-order valence-corrected chi connectivity index (χ1v) is 6.83. The Morgan fingerprint density at radius 2 is 1.82 bits per heavy atom. The van der Waals surface area contributed by atoms with Crippen molar-refractivity contribution < 1.29 is 4.79 Å². The largest absolute Gasteiger partial charge is 0.370 e. The fraction of sp³-hybridized carbons (Fsp3) is 0.929. The highest BCUT2D eigenvalue weighted by atomic mass is 16.1. The third-order valence-corrected chi connectivity index (χ3v) is 3.98.